The second-order valence-corrected chi connectivity index (χ2v) is 6.00. The summed E-state index contributed by atoms with van der Waals surface area (Å²) in [7, 11) is 0. The highest BCUT2D eigenvalue weighted by molar-refractivity contribution is 5.19. The standard InChI is InChI=1S/C17H27FN2O/c18-15-8-6-14(7-9-15)17(19)10-11-20(12-13-21)16-4-2-1-3-5-16/h6-9,16-17,21H,1-5,10-13,19H2. The van der Waals surface area contributed by atoms with Crippen molar-refractivity contribution in [2.45, 2.75) is 50.6 Å². The molecule has 0 aromatic heterocycles. The largest absolute Gasteiger partial charge is 0.395 e. The summed E-state index contributed by atoms with van der Waals surface area (Å²) in [6, 6.07) is 6.96. The Morgan fingerprint density at radius 2 is 1.81 bits per heavy atom. The molecular weight excluding hydrogens is 267 g/mol. The second-order valence-electron chi connectivity index (χ2n) is 6.00. The maximum atomic E-state index is 12.9. The van der Waals surface area contributed by atoms with E-state index >= 15 is 0 Å². The van der Waals surface area contributed by atoms with E-state index in [1.54, 1.807) is 12.1 Å². The van der Waals surface area contributed by atoms with Crippen molar-refractivity contribution >= 4 is 0 Å². The Morgan fingerprint density at radius 1 is 1.14 bits per heavy atom. The Hall–Kier alpha value is -0.970. The van der Waals surface area contributed by atoms with Crippen LogP contribution in [0.15, 0.2) is 24.3 Å². The summed E-state index contributed by atoms with van der Waals surface area (Å²) in [5.74, 6) is -0.227. The van der Waals surface area contributed by atoms with Crippen LogP contribution in [0.5, 0.6) is 0 Å². The highest BCUT2D eigenvalue weighted by Gasteiger charge is 2.21. The fourth-order valence-electron chi connectivity index (χ4n) is 3.23. The van der Waals surface area contributed by atoms with Crippen LogP contribution in [0.4, 0.5) is 4.39 Å². The molecule has 1 atom stereocenters. The van der Waals surface area contributed by atoms with Crippen LogP contribution in [0.25, 0.3) is 0 Å². The zero-order valence-corrected chi connectivity index (χ0v) is 12.7. The summed E-state index contributed by atoms with van der Waals surface area (Å²) in [6.45, 7) is 1.81. The van der Waals surface area contributed by atoms with Gasteiger partial charge in [-0.05, 0) is 37.0 Å². The molecule has 2 rings (SSSR count). The molecule has 21 heavy (non-hydrogen) atoms. The van der Waals surface area contributed by atoms with Crippen molar-refractivity contribution in [2.75, 3.05) is 19.7 Å². The third kappa shape index (κ3) is 5.06. The van der Waals surface area contributed by atoms with Crippen LogP contribution in [0.1, 0.15) is 50.1 Å². The van der Waals surface area contributed by atoms with E-state index < -0.39 is 0 Å². The maximum absolute atomic E-state index is 12.9. The lowest BCUT2D eigenvalue weighted by Crippen LogP contribution is -2.40. The molecule has 0 radical (unpaired) electrons. The first kappa shape index (κ1) is 16.4. The van der Waals surface area contributed by atoms with Gasteiger partial charge < -0.3 is 10.8 Å². The van der Waals surface area contributed by atoms with Gasteiger partial charge in [-0.15, -0.1) is 0 Å². The van der Waals surface area contributed by atoms with Crippen LogP contribution >= 0.6 is 0 Å². The Labute approximate surface area is 126 Å². The monoisotopic (exact) mass is 294 g/mol. The van der Waals surface area contributed by atoms with E-state index in [0.29, 0.717) is 6.04 Å². The molecule has 1 aliphatic carbocycles. The van der Waals surface area contributed by atoms with Crippen LogP contribution in [-0.4, -0.2) is 35.7 Å². The highest BCUT2D eigenvalue weighted by atomic mass is 19.1. The first-order valence-corrected chi connectivity index (χ1v) is 8.06. The molecule has 0 heterocycles. The third-order valence-corrected chi connectivity index (χ3v) is 4.50. The van der Waals surface area contributed by atoms with E-state index in [1.807, 2.05) is 0 Å². The van der Waals surface area contributed by atoms with Crippen molar-refractivity contribution in [3.63, 3.8) is 0 Å². The number of aliphatic hydroxyl groups excluding tert-OH is 1. The van der Waals surface area contributed by atoms with Gasteiger partial charge in [0, 0.05) is 25.2 Å². The zero-order chi connectivity index (χ0) is 15.1. The van der Waals surface area contributed by atoms with Crippen molar-refractivity contribution < 1.29 is 9.50 Å². The molecule has 1 aromatic rings. The summed E-state index contributed by atoms with van der Waals surface area (Å²) in [5, 5.41) is 9.27. The molecule has 3 nitrogen and oxygen atoms in total. The van der Waals surface area contributed by atoms with Gasteiger partial charge in [-0.2, -0.15) is 0 Å². The SMILES string of the molecule is NC(CCN(CCO)C1CCCCC1)c1ccc(F)cc1. The molecule has 1 fully saturated rings. The number of aliphatic hydroxyl groups is 1. The quantitative estimate of drug-likeness (QED) is 0.813. The third-order valence-electron chi connectivity index (χ3n) is 4.50. The minimum atomic E-state index is -0.227. The van der Waals surface area contributed by atoms with Gasteiger partial charge in [0.15, 0.2) is 0 Å². The summed E-state index contributed by atoms with van der Waals surface area (Å²) < 4.78 is 12.9. The lowest BCUT2D eigenvalue weighted by molar-refractivity contribution is 0.120. The Balaban J connectivity index is 1.86. The summed E-state index contributed by atoms with van der Waals surface area (Å²) >= 11 is 0. The van der Waals surface area contributed by atoms with Crippen molar-refractivity contribution in [1.82, 2.24) is 4.90 Å². The first-order valence-electron chi connectivity index (χ1n) is 8.06. The predicted octanol–water partition coefficient (Wildman–Crippen LogP) is 2.84. The van der Waals surface area contributed by atoms with Crippen molar-refractivity contribution in [3.05, 3.63) is 35.6 Å². The number of nitrogens with zero attached hydrogens (tertiary/aromatic N) is 1. The smallest absolute Gasteiger partial charge is 0.123 e. The Kier molecular flexibility index (Phi) is 6.61. The molecule has 0 saturated heterocycles. The topological polar surface area (TPSA) is 49.5 Å². The fraction of sp³-hybridized carbons (Fsp3) is 0.647. The van der Waals surface area contributed by atoms with Gasteiger partial charge in [-0.25, -0.2) is 4.39 Å². The summed E-state index contributed by atoms with van der Waals surface area (Å²) in [4.78, 5) is 2.38. The van der Waals surface area contributed by atoms with Crippen LogP contribution in [0.2, 0.25) is 0 Å². The molecule has 118 valence electrons. The molecule has 0 amide bonds. The fourth-order valence-corrected chi connectivity index (χ4v) is 3.23. The van der Waals surface area contributed by atoms with Gasteiger partial charge >= 0.3 is 0 Å². The van der Waals surface area contributed by atoms with Crippen LogP contribution in [0.3, 0.4) is 0 Å². The molecule has 1 aliphatic rings. The van der Waals surface area contributed by atoms with Crippen molar-refractivity contribution in [1.29, 1.82) is 0 Å². The summed E-state index contributed by atoms with van der Waals surface area (Å²) in [6.07, 6.45) is 7.20. The molecule has 3 N–H and O–H groups in total. The van der Waals surface area contributed by atoms with Gasteiger partial charge in [-0.3, -0.25) is 4.90 Å². The Bertz CT molecular complexity index is 404. The van der Waals surface area contributed by atoms with Gasteiger partial charge in [0.05, 0.1) is 6.61 Å². The molecule has 4 heteroatoms. The van der Waals surface area contributed by atoms with Crippen molar-refractivity contribution in [2.24, 2.45) is 5.73 Å². The van der Waals surface area contributed by atoms with E-state index in [4.69, 9.17) is 5.73 Å². The Morgan fingerprint density at radius 3 is 2.43 bits per heavy atom. The van der Waals surface area contributed by atoms with E-state index in [2.05, 4.69) is 4.90 Å². The molecular formula is C17H27FN2O. The summed E-state index contributed by atoms with van der Waals surface area (Å²) in [5.41, 5.74) is 7.18. The normalized spacial score (nSPS) is 18.1. The van der Waals surface area contributed by atoms with E-state index in [0.717, 1.165) is 25.1 Å². The van der Waals surface area contributed by atoms with E-state index in [1.165, 1.54) is 44.2 Å². The first-order chi connectivity index (χ1) is 10.2. The van der Waals surface area contributed by atoms with Crippen LogP contribution < -0.4 is 5.73 Å². The second kappa shape index (κ2) is 8.47. The average Bonchev–Trinajstić information content (AvgIpc) is 2.52. The predicted molar refractivity (Wildman–Crippen MR) is 83.5 cm³/mol. The number of nitrogens with two attached hydrogens (primary N) is 1. The minimum absolute atomic E-state index is 0.0737. The molecule has 1 aromatic carbocycles. The molecule has 0 aliphatic heterocycles. The maximum Gasteiger partial charge on any atom is 0.123 e. The number of benzene rings is 1. The van der Waals surface area contributed by atoms with Gasteiger partial charge in [0.25, 0.3) is 0 Å². The van der Waals surface area contributed by atoms with Gasteiger partial charge in [0.1, 0.15) is 5.82 Å². The molecule has 0 bridgehead atoms. The molecule has 0 spiro atoms. The molecule has 1 saturated carbocycles. The van der Waals surface area contributed by atoms with E-state index in [9.17, 15) is 9.50 Å². The zero-order valence-electron chi connectivity index (χ0n) is 12.7. The van der Waals surface area contributed by atoms with E-state index in [-0.39, 0.29) is 18.5 Å². The average molecular weight is 294 g/mol. The minimum Gasteiger partial charge on any atom is -0.395 e. The molecule has 1 unspecified atom stereocenters. The highest BCUT2D eigenvalue weighted by Crippen LogP contribution is 2.24. The van der Waals surface area contributed by atoms with Crippen molar-refractivity contribution in [3.8, 4) is 0 Å². The number of halogens is 1. The lowest BCUT2D eigenvalue weighted by atomic mass is 9.93. The number of rotatable bonds is 7. The lowest BCUT2D eigenvalue weighted by Gasteiger charge is -2.34. The van der Waals surface area contributed by atoms with Crippen LogP contribution in [0, 0.1) is 5.82 Å². The van der Waals surface area contributed by atoms with Gasteiger partial charge in [0.2, 0.25) is 0 Å². The number of hydrogen-bond acceptors (Lipinski definition) is 3. The number of hydrogen-bond donors (Lipinski definition) is 2. The van der Waals surface area contributed by atoms with Gasteiger partial charge in [-0.1, -0.05) is 31.4 Å². The van der Waals surface area contributed by atoms with Crippen LogP contribution in [-0.2, 0) is 0 Å².